The number of hydrogen-bond acceptors (Lipinski definition) is 3. The van der Waals surface area contributed by atoms with Crippen molar-refractivity contribution in [3.63, 3.8) is 0 Å². The molecule has 0 unspecified atom stereocenters. The summed E-state index contributed by atoms with van der Waals surface area (Å²) in [4.78, 5) is 13.8. The molecule has 27 heavy (non-hydrogen) atoms. The van der Waals surface area contributed by atoms with Crippen LogP contribution in [0.5, 0.6) is 0 Å². The summed E-state index contributed by atoms with van der Waals surface area (Å²) in [7, 11) is 0. The van der Waals surface area contributed by atoms with Gasteiger partial charge in [-0.1, -0.05) is 12.1 Å². The summed E-state index contributed by atoms with van der Waals surface area (Å²) in [5.74, 6) is 0.413. The zero-order valence-electron chi connectivity index (χ0n) is 14.7. The third-order valence-electron chi connectivity index (χ3n) is 5.23. The van der Waals surface area contributed by atoms with Crippen LogP contribution in [-0.4, -0.2) is 45.0 Å². The standard InChI is InChI=1S/C18H20F3N5O/c19-18(20,21)13-6-9-25(10-7-13)17(27)22-14-4-1-3-12(11-14)16-24-23-15-5-2-8-26(15)16/h1,3-4,11,13H,2,5-10H2,(H,22,27). The number of benzene rings is 1. The van der Waals surface area contributed by atoms with Gasteiger partial charge in [-0.05, 0) is 31.4 Å². The fourth-order valence-electron chi connectivity index (χ4n) is 3.71. The van der Waals surface area contributed by atoms with E-state index in [1.807, 2.05) is 18.2 Å². The highest BCUT2D eigenvalue weighted by atomic mass is 19.4. The Morgan fingerprint density at radius 2 is 1.93 bits per heavy atom. The van der Waals surface area contributed by atoms with Crippen LogP contribution in [0, 0.1) is 5.92 Å². The minimum Gasteiger partial charge on any atom is -0.325 e. The number of fused-ring (bicyclic) bond motifs is 1. The van der Waals surface area contributed by atoms with Crippen LogP contribution >= 0.6 is 0 Å². The molecule has 0 aliphatic carbocycles. The fourth-order valence-corrected chi connectivity index (χ4v) is 3.71. The molecule has 1 aromatic heterocycles. The smallest absolute Gasteiger partial charge is 0.325 e. The Labute approximate surface area is 154 Å². The Balaban J connectivity index is 1.42. The van der Waals surface area contributed by atoms with Gasteiger partial charge in [0.2, 0.25) is 0 Å². The molecule has 0 spiro atoms. The Morgan fingerprint density at radius 3 is 2.67 bits per heavy atom. The number of hydrogen-bond donors (Lipinski definition) is 1. The van der Waals surface area contributed by atoms with Crippen LogP contribution in [0.25, 0.3) is 11.4 Å². The summed E-state index contributed by atoms with van der Waals surface area (Å²) in [6, 6.07) is 6.91. The van der Waals surface area contributed by atoms with Gasteiger partial charge in [-0.2, -0.15) is 13.2 Å². The second kappa shape index (κ2) is 6.86. The highest BCUT2D eigenvalue weighted by Crippen LogP contribution is 2.34. The highest BCUT2D eigenvalue weighted by Gasteiger charge is 2.41. The molecule has 3 heterocycles. The lowest BCUT2D eigenvalue weighted by molar-refractivity contribution is -0.183. The van der Waals surface area contributed by atoms with E-state index in [0.29, 0.717) is 5.69 Å². The summed E-state index contributed by atoms with van der Waals surface area (Å²) in [5, 5.41) is 11.2. The molecular weight excluding hydrogens is 359 g/mol. The molecule has 2 aromatic rings. The lowest BCUT2D eigenvalue weighted by atomic mass is 9.96. The van der Waals surface area contributed by atoms with Crippen molar-refractivity contribution in [3.8, 4) is 11.4 Å². The number of rotatable bonds is 2. The normalized spacial score (nSPS) is 17.8. The Bertz CT molecular complexity index is 840. The van der Waals surface area contributed by atoms with Gasteiger partial charge in [-0.3, -0.25) is 0 Å². The van der Waals surface area contributed by atoms with E-state index < -0.39 is 12.1 Å². The number of urea groups is 1. The minimum atomic E-state index is -4.19. The molecule has 2 aliphatic heterocycles. The van der Waals surface area contributed by atoms with Gasteiger partial charge in [-0.25, -0.2) is 4.79 Å². The maximum absolute atomic E-state index is 12.8. The van der Waals surface area contributed by atoms with Gasteiger partial charge in [0.1, 0.15) is 5.82 Å². The number of aryl methyl sites for hydroxylation is 1. The molecule has 1 fully saturated rings. The third kappa shape index (κ3) is 3.63. The molecule has 6 nitrogen and oxygen atoms in total. The van der Waals surface area contributed by atoms with Crippen LogP contribution < -0.4 is 5.32 Å². The molecule has 9 heteroatoms. The van der Waals surface area contributed by atoms with E-state index in [4.69, 9.17) is 0 Å². The fraction of sp³-hybridized carbons (Fsp3) is 0.500. The highest BCUT2D eigenvalue weighted by molar-refractivity contribution is 5.90. The number of likely N-dealkylation sites (tertiary alicyclic amines) is 1. The summed E-state index contributed by atoms with van der Waals surface area (Å²) in [5.41, 5.74) is 1.44. The van der Waals surface area contributed by atoms with E-state index in [0.717, 1.165) is 36.6 Å². The van der Waals surface area contributed by atoms with Crippen molar-refractivity contribution in [3.05, 3.63) is 30.1 Å². The summed E-state index contributed by atoms with van der Waals surface area (Å²) in [6.45, 7) is 1.09. The van der Waals surface area contributed by atoms with Gasteiger partial charge < -0.3 is 14.8 Å². The van der Waals surface area contributed by atoms with E-state index in [-0.39, 0.29) is 32.0 Å². The molecule has 4 rings (SSSR count). The van der Waals surface area contributed by atoms with Crippen molar-refractivity contribution in [2.24, 2.45) is 5.92 Å². The topological polar surface area (TPSA) is 63.1 Å². The quantitative estimate of drug-likeness (QED) is 0.866. The van der Waals surface area contributed by atoms with Gasteiger partial charge >= 0.3 is 12.2 Å². The van der Waals surface area contributed by atoms with Crippen LogP contribution in [0.4, 0.5) is 23.7 Å². The first-order valence-corrected chi connectivity index (χ1v) is 9.07. The summed E-state index contributed by atoms with van der Waals surface area (Å²) >= 11 is 0. The number of aromatic nitrogens is 3. The zero-order chi connectivity index (χ0) is 19.0. The SMILES string of the molecule is O=C(Nc1cccc(-c2nnc3n2CCC3)c1)N1CCC(C(F)(F)F)CC1. The lowest BCUT2D eigenvalue weighted by Gasteiger charge is -2.32. The molecule has 1 N–H and O–H groups in total. The molecule has 2 aliphatic rings. The molecular formula is C18H20F3N5O. The molecule has 1 aromatic carbocycles. The van der Waals surface area contributed by atoms with E-state index in [1.54, 1.807) is 6.07 Å². The maximum Gasteiger partial charge on any atom is 0.391 e. The number of halogens is 3. The van der Waals surface area contributed by atoms with Gasteiger partial charge in [0.05, 0.1) is 5.92 Å². The number of carbonyl (C=O) groups is 1. The predicted molar refractivity (Wildman–Crippen MR) is 93.1 cm³/mol. The Kier molecular flexibility index (Phi) is 4.53. The number of carbonyl (C=O) groups excluding carboxylic acids is 1. The lowest BCUT2D eigenvalue weighted by Crippen LogP contribution is -2.43. The van der Waals surface area contributed by atoms with Crippen molar-refractivity contribution < 1.29 is 18.0 Å². The molecule has 0 bridgehead atoms. The first kappa shape index (κ1) is 17.8. The number of amides is 2. The average molecular weight is 379 g/mol. The van der Waals surface area contributed by atoms with Crippen molar-refractivity contribution in [1.82, 2.24) is 19.7 Å². The summed E-state index contributed by atoms with van der Waals surface area (Å²) in [6.07, 6.45) is -2.33. The number of nitrogens with one attached hydrogen (secondary N) is 1. The molecule has 0 radical (unpaired) electrons. The zero-order valence-corrected chi connectivity index (χ0v) is 14.7. The van der Waals surface area contributed by atoms with Crippen molar-refractivity contribution in [2.75, 3.05) is 18.4 Å². The van der Waals surface area contributed by atoms with Crippen molar-refractivity contribution >= 4 is 11.7 Å². The van der Waals surface area contributed by atoms with Crippen LogP contribution in [-0.2, 0) is 13.0 Å². The Morgan fingerprint density at radius 1 is 1.15 bits per heavy atom. The third-order valence-corrected chi connectivity index (χ3v) is 5.23. The number of alkyl halides is 3. The minimum absolute atomic E-state index is 0.0527. The molecule has 1 saturated heterocycles. The van der Waals surface area contributed by atoms with E-state index in [1.165, 1.54) is 4.90 Å². The maximum atomic E-state index is 12.8. The predicted octanol–water partition coefficient (Wildman–Crippen LogP) is 3.70. The second-order valence-corrected chi connectivity index (χ2v) is 7.01. The van der Waals surface area contributed by atoms with Crippen LogP contribution in [0.3, 0.4) is 0 Å². The average Bonchev–Trinajstić information content (AvgIpc) is 3.25. The van der Waals surface area contributed by atoms with E-state index in [9.17, 15) is 18.0 Å². The molecule has 2 amide bonds. The molecule has 0 atom stereocenters. The number of piperidine rings is 1. The van der Waals surface area contributed by atoms with Gasteiger partial charge in [-0.15, -0.1) is 10.2 Å². The Hall–Kier alpha value is -2.58. The van der Waals surface area contributed by atoms with Gasteiger partial charge in [0.15, 0.2) is 5.82 Å². The number of anilines is 1. The summed E-state index contributed by atoms with van der Waals surface area (Å²) < 4.78 is 40.3. The van der Waals surface area contributed by atoms with Gasteiger partial charge in [0.25, 0.3) is 0 Å². The van der Waals surface area contributed by atoms with Crippen LogP contribution in [0.15, 0.2) is 24.3 Å². The second-order valence-electron chi connectivity index (χ2n) is 7.01. The molecule has 144 valence electrons. The first-order chi connectivity index (χ1) is 12.9. The van der Waals surface area contributed by atoms with Crippen LogP contribution in [0.2, 0.25) is 0 Å². The first-order valence-electron chi connectivity index (χ1n) is 9.07. The monoisotopic (exact) mass is 379 g/mol. The van der Waals surface area contributed by atoms with E-state index in [2.05, 4.69) is 20.1 Å². The largest absolute Gasteiger partial charge is 0.391 e. The number of nitrogens with zero attached hydrogens (tertiary/aromatic N) is 4. The van der Waals surface area contributed by atoms with E-state index >= 15 is 0 Å². The van der Waals surface area contributed by atoms with Gasteiger partial charge in [0, 0.05) is 37.3 Å². The van der Waals surface area contributed by atoms with Crippen LogP contribution in [0.1, 0.15) is 25.1 Å². The molecule has 0 saturated carbocycles. The van der Waals surface area contributed by atoms with Crippen molar-refractivity contribution in [1.29, 1.82) is 0 Å². The van der Waals surface area contributed by atoms with Crippen molar-refractivity contribution in [2.45, 2.75) is 38.4 Å².